The highest BCUT2D eigenvalue weighted by Crippen LogP contribution is 2.24. The van der Waals surface area contributed by atoms with E-state index in [-0.39, 0.29) is 23.8 Å². The molecule has 1 aromatic heterocycles. The lowest BCUT2D eigenvalue weighted by Crippen LogP contribution is -2.38. The average molecular weight is 286 g/mol. The van der Waals surface area contributed by atoms with Crippen LogP contribution in [0.2, 0.25) is 5.15 Å². The van der Waals surface area contributed by atoms with Gasteiger partial charge in [0, 0.05) is 18.3 Å². The molecule has 1 atom stereocenters. The summed E-state index contributed by atoms with van der Waals surface area (Å²) in [5.74, 6) is 0. The number of rotatable bonds is 5. The third-order valence-corrected chi connectivity index (χ3v) is 3.12. The van der Waals surface area contributed by atoms with Gasteiger partial charge >= 0.3 is 6.03 Å². The molecule has 2 amide bonds. The molecule has 1 heterocycles. The first-order valence-electron chi connectivity index (χ1n) is 6.30. The maximum Gasteiger partial charge on any atom is 0.319 e. The number of aliphatic hydroxyl groups excluding tert-OH is 1. The number of anilines is 1. The smallest absolute Gasteiger partial charge is 0.319 e. The lowest BCUT2D eigenvalue weighted by molar-refractivity contribution is 0.237. The molecular formula is C13H20ClN3O2. The predicted molar refractivity (Wildman–Crippen MR) is 76.7 cm³/mol. The Balaban J connectivity index is 2.72. The molecule has 0 spiro atoms. The van der Waals surface area contributed by atoms with Crippen LogP contribution in [-0.2, 0) is 0 Å². The Morgan fingerprint density at radius 3 is 2.74 bits per heavy atom. The number of pyridine rings is 1. The van der Waals surface area contributed by atoms with E-state index in [0.717, 1.165) is 17.7 Å². The molecule has 0 saturated carbocycles. The van der Waals surface area contributed by atoms with Gasteiger partial charge in [-0.3, -0.25) is 0 Å². The predicted octanol–water partition coefficient (Wildman–Crippen LogP) is 2.63. The van der Waals surface area contributed by atoms with E-state index in [0.29, 0.717) is 12.1 Å². The minimum Gasteiger partial charge on any atom is -0.396 e. The molecule has 3 N–H and O–H groups in total. The Kier molecular flexibility index (Phi) is 6.05. The summed E-state index contributed by atoms with van der Waals surface area (Å²) < 4.78 is 0. The fourth-order valence-electron chi connectivity index (χ4n) is 1.81. The van der Waals surface area contributed by atoms with Crippen molar-refractivity contribution in [1.82, 2.24) is 10.3 Å². The van der Waals surface area contributed by atoms with Gasteiger partial charge in [0.25, 0.3) is 0 Å². The van der Waals surface area contributed by atoms with Crippen LogP contribution in [0.25, 0.3) is 0 Å². The fourth-order valence-corrected chi connectivity index (χ4v) is 2.14. The van der Waals surface area contributed by atoms with E-state index >= 15 is 0 Å². The van der Waals surface area contributed by atoms with Crippen molar-refractivity contribution in [3.8, 4) is 0 Å². The molecule has 0 radical (unpaired) electrons. The lowest BCUT2D eigenvalue weighted by atomic mass is 10.1. The summed E-state index contributed by atoms with van der Waals surface area (Å²) in [4.78, 5) is 16.0. The number of nitrogens with zero attached hydrogens (tertiary/aromatic N) is 1. The number of aromatic nitrogens is 1. The van der Waals surface area contributed by atoms with Crippen LogP contribution < -0.4 is 10.6 Å². The van der Waals surface area contributed by atoms with Crippen molar-refractivity contribution >= 4 is 23.3 Å². The average Bonchev–Trinajstić information content (AvgIpc) is 2.33. The highest BCUT2D eigenvalue weighted by atomic mass is 35.5. The van der Waals surface area contributed by atoms with E-state index < -0.39 is 0 Å². The Bertz CT molecular complexity index is 429. The SMILES string of the molecule is CCC(CCO)NC(=O)Nc1c(C)cc(C)nc1Cl. The molecule has 0 saturated heterocycles. The molecule has 1 aromatic rings. The number of urea groups is 1. The summed E-state index contributed by atoms with van der Waals surface area (Å²) in [6, 6.07) is 1.46. The van der Waals surface area contributed by atoms with Crippen molar-refractivity contribution < 1.29 is 9.90 Å². The summed E-state index contributed by atoms with van der Waals surface area (Å²) in [7, 11) is 0. The topological polar surface area (TPSA) is 74.2 Å². The highest BCUT2D eigenvalue weighted by molar-refractivity contribution is 6.32. The zero-order chi connectivity index (χ0) is 14.4. The van der Waals surface area contributed by atoms with Gasteiger partial charge in [-0.05, 0) is 38.3 Å². The summed E-state index contributed by atoms with van der Waals surface area (Å²) in [6.45, 7) is 5.70. The number of carbonyl (C=O) groups is 1. The van der Waals surface area contributed by atoms with Crippen molar-refractivity contribution in [1.29, 1.82) is 0 Å². The van der Waals surface area contributed by atoms with Gasteiger partial charge in [-0.2, -0.15) is 0 Å². The van der Waals surface area contributed by atoms with Crippen molar-refractivity contribution in [2.75, 3.05) is 11.9 Å². The summed E-state index contributed by atoms with van der Waals surface area (Å²) in [5.41, 5.74) is 2.19. The highest BCUT2D eigenvalue weighted by Gasteiger charge is 2.13. The number of halogens is 1. The second kappa shape index (κ2) is 7.31. The van der Waals surface area contributed by atoms with E-state index in [2.05, 4.69) is 15.6 Å². The van der Waals surface area contributed by atoms with Gasteiger partial charge in [-0.15, -0.1) is 0 Å². The molecule has 106 valence electrons. The zero-order valence-electron chi connectivity index (χ0n) is 11.5. The van der Waals surface area contributed by atoms with Gasteiger partial charge in [0.05, 0.1) is 5.69 Å². The lowest BCUT2D eigenvalue weighted by Gasteiger charge is -2.17. The standard InChI is InChI=1S/C13H20ClN3O2/c1-4-10(5-6-18)16-13(19)17-11-8(2)7-9(3)15-12(11)14/h7,10,18H,4-6H2,1-3H3,(H2,16,17,19). The number of aryl methyl sites for hydroxylation is 2. The fraction of sp³-hybridized carbons (Fsp3) is 0.538. The van der Waals surface area contributed by atoms with E-state index in [1.165, 1.54) is 0 Å². The first-order chi connectivity index (χ1) is 8.97. The first kappa shape index (κ1) is 15.7. The molecule has 0 bridgehead atoms. The van der Waals surface area contributed by atoms with Crippen LogP contribution >= 0.6 is 11.6 Å². The van der Waals surface area contributed by atoms with E-state index in [4.69, 9.17) is 16.7 Å². The van der Waals surface area contributed by atoms with Crippen molar-refractivity contribution in [2.24, 2.45) is 0 Å². The van der Waals surface area contributed by atoms with Gasteiger partial charge in [-0.25, -0.2) is 9.78 Å². The van der Waals surface area contributed by atoms with Gasteiger partial charge < -0.3 is 15.7 Å². The monoisotopic (exact) mass is 285 g/mol. The van der Waals surface area contributed by atoms with Gasteiger partial charge in [0.1, 0.15) is 0 Å². The minimum atomic E-state index is -0.337. The first-order valence-corrected chi connectivity index (χ1v) is 6.67. The van der Waals surface area contributed by atoms with E-state index in [9.17, 15) is 4.79 Å². The molecule has 1 rings (SSSR count). The zero-order valence-corrected chi connectivity index (χ0v) is 12.2. The molecule has 0 aliphatic heterocycles. The third-order valence-electron chi connectivity index (χ3n) is 2.84. The molecule has 0 aromatic carbocycles. The summed E-state index contributed by atoms with van der Waals surface area (Å²) >= 11 is 6.02. The molecule has 19 heavy (non-hydrogen) atoms. The van der Waals surface area contributed by atoms with Crippen molar-refractivity contribution in [2.45, 2.75) is 39.7 Å². The number of hydrogen-bond donors (Lipinski definition) is 3. The molecule has 5 nitrogen and oxygen atoms in total. The van der Waals surface area contributed by atoms with Gasteiger partial charge in [-0.1, -0.05) is 18.5 Å². The van der Waals surface area contributed by atoms with Crippen LogP contribution in [0.15, 0.2) is 6.07 Å². The second-order valence-corrected chi connectivity index (χ2v) is 4.82. The number of aliphatic hydroxyl groups is 1. The number of carbonyl (C=O) groups excluding carboxylic acids is 1. The molecule has 0 aliphatic rings. The maximum absolute atomic E-state index is 11.9. The minimum absolute atomic E-state index is 0.0463. The normalized spacial score (nSPS) is 12.1. The van der Waals surface area contributed by atoms with Crippen LogP contribution in [0.3, 0.4) is 0 Å². The van der Waals surface area contributed by atoms with E-state index in [1.54, 1.807) is 0 Å². The van der Waals surface area contributed by atoms with Crippen molar-refractivity contribution in [3.63, 3.8) is 0 Å². The van der Waals surface area contributed by atoms with Crippen LogP contribution in [0, 0.1) is 13.8 Å². The Morgan fingerprint density at radius 1 is 1.53 bits per heavy atom. The molecule has 0 fully saturated rings. The Labute approximate surface area is 118 Å². The Morgan fingerprint density at radius 2 is 2.21 bits per heavy atom. The maximum atomic E-state index is 11.9. The quantitative estimate of drug-likeness (QED) is 0.728. The van der Waals surface area contributed by atoms with Crippen LogP contribution in [0.4, 0.5) is 10.5 Å². The number of nitrogens with one attached hydrogen (secondary N) is 2. The van der Waals surface area contributed by atoms with Gasteiger partial charge in [0.15, 0.2) is 5.15 Å². The molecular weight excluding hydrogens is 266 g/mol. The largest absolute Gasteiger partial charge is 0.396 e. The molecule has 6 heteroatoms. The van der Waals surface area contributed by atoms with Crippen molar-refractivity contribution in [3.05, 3.63) is 22.5 Å². The number of amides is 2. The third kappa shape index (κ3) is 4.69. The number of hydrogen-bond acceptors (Lipinski definition) is 3. The van der Waals surface area contributed by atoms with Gasteiger partial charge in [0.2, 0.25) is 0 Å². The molecule has 0 aliphatic carbocycles. The van der Waals surface area contributed by atoms with Crippen LogP contribution in [0.5, 0.6) is 0 Å². The Hall–Kier alpha value is -1.33. The van der Waals surface area contributed by atoms with Crippen LogP contribution in [-0.4, -0.2) is 28.8 Å². The molecule has 1 unspecified atom stereocenters. The van der Waals surface area contributed by atoms with E-state index in [1.807, 2.05) is 26.8 Å². The summed E-state index contributed by atoms with van der Waals surface area (Å²) in [6.07, 6.45) is 1.29. The second-order valence-electron chi connectivity index (χ2n) is 4.46. The van der Waals surface area contributed by atoms with Crippen LogP contribution in [0.1, 0.15) is 31.0 Å². The summed E-state index contributed by atoms with van der Waals surface area (Å²) in [5, 5.41) is 14.7.